The molecule has 1 aromatic heterocycles. The number of hydrogen-bond donors (Lipinski definition) is 1. The third-order valence-corrected chi connectivity index (χ3v) is 4.29. The summed E-state index contributed by atoms with van der Waals surface area (Å²) in [6, 6.07) is 12.1. The van der Waals surface area contributed by atoms with Gasteiger partial charge in [0.05, 0.1) is 10.7 Å². The molecule has 3 rings (SSSR count). The number of carbonyl (C=O) groups is 1. The van der Waals surface area contributed by atoms with Gasteiger partial charge in [0.25, 0.3) is 0 Å². The Bertz CT molecular complexity index is 922. The predicted molar refractivity (Wildman–Crippen MR) is 104 cm³/mol. The standard InChI is InChI=1S/C18H15Cl2N3O.ClH/c1-23-10-11(9-21)17(22-23)13-7-6-12(19)8-15(13)18(24)14-4-2-3-5-16(14)20;/h2-8,10H,9,21H2,1H3;1H. The Labute approximate surface area is 162 Å². The van der Waals surface area contributed by atoms with Gasteiger partial charge < -0.3 is 5.73 Å². The quantitative estimate of drug-likeness (QED) is 0.660. The zero-order valence-corrected chi connectivity index (χ0v) is 15.7. The summed E-state index contributed by atoms with van der Waals surface area (Å²) >= 11 is 12.3. The van der Waals surface area contributed by atoms with Crippen LogP contribution in [-0.2, 0) is 13.6 Å². The van der Waals surface area contributed by atoms with Gasteiger partial charge in [0, 0.05) is 47.1 Å². The Morgan fingerprint density at radius 1 is 1.16 bits per heavy atom. The average Bonchev–Trinajstić information content (AvgIpc) is 2.95. The molecule has 0 radical (unpaired) electrons. The van der Waals surface area contributed by atoms with E-state index in [1.165, 1.54) is 0 Å². The molecule has 130 valence electrons. The largest absolute Gasteiger partial charge is 0.326 e. The van der Waals surface area contributed by atoms with Crippen molar-refractivity contribution in [3.63, 3.8) is 0 Å². The van der Waals surface area contributed by atoms with Crippen molar-refractivity contribution in [2.75, 3.05) is 0 Å². The molecule has 2 N–H and O–H groups in total. The van der Waals surface area contributed by atoms with E-state index in [1.54, 1.807) is 47.1 Å². The first-order valence-corrected chi connectivity index (χ1v) is 8.08. The van der Waals surface area contributed by atoms with E-state index in [0.29, 0.717) is 39.0 Å². The molecule has 0 amide bonds. The van der Waals surface area contributed by atoms with Crippen molar-refractivity contribution in [2.24, 2.45) is 12.8 Å². The van der Waals surface area contributed by atoms with Crippen LogP contribution in [0.2, 0.25) is 10.0 Å². The SMILES string of the molecule is Cl.Cn1cc(CN)c(-c2ccc(Cl)cc2C(=O)c2ccccc2Cl)n1. The lowest BCUT2D eigenvalue weighted by Gasteiger charge is -2.10. The van der Waals surface area contributed by atoms with E-state index < -0.39 is 0 Å². The molecule has 7 heteroatoms. The Morgan fingerprint density at radius 2 is 1.88 bits per heavy atom. The number of nitrogens with zero attached hydrogens (tertiary/aromatic N) is 2. The lowest BCUT2D eigenvalue weighted by Crippen LogP contribution is -2.06. The minimum Gasteiger partial charge on any atom is -0.326 e. The molecule has 0 bridgehead atoms. The van der Waals surface area contributed by atoms with Gasteiger partial charge in [0.1, 0.15) is 0 Å². The summed E-state index contributed by atoms with van der Waals surface area (Å²) in [5.74, 6) is -0.202. The number of rotatable bonds is 4. The first kappa shape index (κ1) is 19.5. The predicted octanol–water partition coefficient (Wildman–Crippen LogP) is 4.51. The summed E-state index contributed by atoms with van der Waals surface area (Å²) in [7, 11) is 1.81. The summed E-state index contributed by atoms with van der Waals surface area (Å²) < 4.78 is 1.68. The molecular weight excluding hydrogens is 381 g/mol. The molecule has 2 aromatic carbocycles. The third-order valence-electron chi connectivity index (χ3n) is 3.72. The molecular formula is C18H16Cl3N3O. The minimum absolute atomic E-state index is 0. The number of halogens is 3. The van der Waals surface area contributed by atoms with Crippen molar-refractivity contribution in [1.82, 2.24) is 9.78 Å². The minimum atomic E-state index is -0.202. The topological polar surface area (TPSA) is 60.9 Å². The summed E-state index contributed by atoms with van der Waals surface area (Å²) in [6.07, 6.45) is 1.84. The van der Waals surface area contributed by atoms with Gasteiger partial charge >= 0.3 is 0 Å². The van der Waals surface area contributed by atoms with Crippen LogP contribution >= 0.6 is 35.6 Å². The van der Waals surface area contributed by atoms with Crippen LogP contribution in [-0.4, -0.2) is 15.6 Å². The molecule has 4 nitrogen and oxygen atoms in total. The van der Waals surface area contributed by atoms with Crippen LogP contribution in [0.3, 0.4) is 0 Å². The summed E-state index contributed by atoms with van der Waals surface area (Å²) in [5, 5.41) is 5.32. The highest BCUT2D eigenvalue weighted by Gasteiger charge is 2.20. The maximum Gasteiger partial charge on any atom is 0.195 e. The smallest absolute Gasteiger partial charge is 0.195 e. The maximum absolute atomic E-state index is 13.0. The number of carbonyl (C=O) groups excluding carboxylic acids is 1. The van der Waals surface area contributed by atoms with E-state index in [4.69, 9.17) is 28.9 Å². The molecule has 1 heterocycles. The van der Waals surface area contributed by atoms with Crippen LogP contribution in [0, 0.1) is 0 Å². The van der Waals surface area contributed by atoms with Gasteiger partial charge in [-0.25, -0.2) is 0 Å². The van der Waals surface area contributed by atoms with Gasteiger partial charge in [-0.3, -0.25) is 9.48 Å². The van der Waals surface area contributed by atoms with E-state index in [2.05, 4.69) is 5.10 Å². The first-order valence-electron chi connectivity index (χ1n) is 7.33. The molecule has 0 aliphatic heterocycles. The highest BCUT2D eigenvalue weighted by atomic mass is 35.5. The van der Waals surface area contributed by atoms with E-state index in [9.17, 15) is 4.79 Å². The van der Waals surface area contributed by atoms with Crippen molar-refractivity contribution in [1.29, 1.82) is 0 Å². The van der Waals surface area contributed by atoms with Crippen LogP contribution < -0.4 is 5.73 Å². The highest BCUT2D eigenvalue weighted by Crippen LogP contribution is 2.31. The van der Waals surface area contributed by atoms with Crippen molar-refractivity contribution >= 4 is 41.4 Å². The number of ketones is 1. The van der Waals surface area contributed by atoms with E-state index in [0.717, 1.165) is 5.56 Å². The first-order chi connectivity index (χ1) is 11.5. The number of hydrogen-bond acceptors (Lipinski definition) is 3. The molecule has 0 fully saturated rings. The van der Waals surface area contributed by atoms with E-state index in [-0.39, 0.29) is 18.2 Å². The molecule has 0 aliphatic carbocycles. The monoisotopic (exact) mass is 395 g/mol. The third kappa shape index (κ3) is 3.88. The van der Waals surface area contributed by atoms with Crippen LogP contribution in [0.25, 0.3) is 11.3 Å². The Morgan fingerprint density at radius 3 is 2.56 bits per heavy atom. The van der Waals surface area contributed by atoms with Gasteiger partial charge in [0.15, 0.2) is 5.78 Å². The summed E-state index contributed by atoms with van der Waals surface area (Å²) in [4.78, 5) is 13.0. The van der Waals surface area contributed by atoms with Gasteiger partial charge in [-0.2, -0.15) is 5.10 Å². The van der Waals surface area contributed by atoms with Crippen LogP contribution in [0.4, 0.5) is 0 Å². The Hall–Kier alpha value is -1.85. The molecule has 0 aliphatic rings. The normalized spacial score (nSPS) is 10.4. The number of benzene rings is 2. The Balaban J connectivity index is 0.00000225. The van der Waals surface area contributed by atoms with Crippen molar-refractivity contribution in [3.8, 4) is 11.3 Å². The number of nitrogens with two attached hydrogens (primary N) is 1. The molecule has 25 heavy (non-hydrogen) atoms. The second-order valence-corrected chi connectivity index (χ2v) is 6.22. The molecule has 0 saturated carbocycles. The number of aryl methyl sites for hydroxylation is 1. The fourth-order valence-corrected chi connectivity index (χ4v) is 3.01. The molecule has 0 unspecified atom stereocenters. The zero-order chi connectivity index (χ0) is 17.3. The summed E-state index contributed by atoms with van der Waals surface area (Å²) in [5.41, 5.74) is 8.89. The van der Waals surface area contributed by atoms with Crippen LogP contribution in [0.5, 0.6) is 0 Å². The fourth-order valence-electron chi connectivity index (χ4n) is 2.61. The van der Waals surface area contributed by atoms with Crippen molar-refractivity contribution in [2.45, 2.75) is 6.54 Å². The molecule has 0 saturated heterocycles. The zero-order valence-electron chi connectivity index (χ0n) is 13.4. The molecule has 0 spiro atoms. The van der Waals surface area contributed by atoms with Crippen LogP contribution in [0.1, 0.15) is 21.5 Å². The van der Waals surface area contributed by atoms with Gasteiger partial charge in [-0.15, -0.1) is 12.4 Å². The average molecular weight is 397 g/mol. The maximum atomic E-state index is 13.0. The van der Waals surface area contributed by atoms with Crippen LogP contribution in [0.15, 0.2) is 48.7 Å². The number of aromatic nitrogens is 2. The van der Waals surface area contributed by atoms with Gasteiger partial charge in [0.2, 0.25) is 0 Å². The van der Waals surface area contributed by atoms with Gasteiger partial charge in [-0.1, -0.05) is 41.4 Å². The lowest BCUT2D eigenvalue weighted by molar-refractivity contribution is 0.103. The highest BCUT2D eigenvalue weighted by molar-refractivity contribution is 6.35. The van der Waals surface area contributed by atoms with Gasteiger partial charge in [-0.05, 0) is 24.3 Å². The fraction of sp³-hybridized carbons (Fsp3) is 0.111. The van der Waals surface area contributed by atoms with Crippen molar-refractivity contribution < 1.29 is 4.79 Å². The molecule has 3 aromatic rings. The summed E-state index contributed by atoms with van der Waals surface area (Å²) in [6.45, 7) is 0.325. The van der Waals surface area contributed by atoms with E-state index in [1.807, 2.05) is 13.2 Å². The van der Waals surface area contributed by atoms with Crippen molar-refractivity contribution in [3.05, 3.63) is 75.4 Å². The Kier molecular flexibility index (Phi) is 6.25. The molecule has 0 atom stereocenters. The second-order valence-electron chi connectivity index (χ2n) is 5.38. The second kappa shape index (κ2) is 8.02. The van der Waals surface area contributed by atoms with E-state index >= 15 is 0 Å². The lowest BCUT2D eigenvalue weighted by atomic mass is 9.95.